The number of aromatic nitrogens is 1. The number of rotatable bonds is 3. The third kappa shape index (κ3) is 2.73. The molecule has 0 fully saturated rings. The molecule has 1 heterocycles. The minimum atomic E-state index is -0.480. The van der Waals surface area contributed by atoms with E-state index in [0.29, 0.717) is 16.8 Å². The fourth-order valence-electron chi connectivity index (χ4n) is 2.97. The number of carbonyl (C=O) groups is 1. The molecule has 126 valence electrons. The molecule has 0 saturated carbocycles. The number of amides is 1. The van der Waals surface area contributed by atoms with Crippen LogP contribution in [0.15, 0.2) is 72.9 Å². The second kappa shape index (κ2) is 6.25. The van der Waals surface area contributed by atoms with Crippen LogP contribution in [0, 0.1) is 10.1 Å². The quantitative estimate of drug-likeness (QED) is 0.336. The average molecular weight is 343 g/mol. The lowest BCUT2D eigenvalue weighted by molar-refractivity contribution is -0.384. The molecule has 0 atom stereocenters. The lowest BCUT2D eigenvalue weighted by atomic mass is 10.0. The number of nitro groups is 1. The van der Waals surface area contributed by atoms with Gasteiger partial charge in [0.2, 0.25) is 0 Å². The van der Waals surface area contributed by atoms with Crippen molar-refractivity contribution in [2.75, 3.05) is 5.32 Å². The number of nitrogens with zero attached hydrogens (tertiary/aromatic N) is 2. The van der Waals surface area contributed by atoms with Crippen LogP contribution in [0.5, 0.6) is 0 Å². The van der Waals surface area contributed by atoms with Crippen molar-refractivity contribution in [3.05, 3.63) is 88.6 Å². The van der Waals surface area contributed by atoms with Gasteiger partial charge in [-0.2, -0.15) is 0 Å². The molecule has 0 spiro atoms. The molecule has 1 amide bonds. The van der Waals surface area contributed by atoms with Gasteiger partial charge in [0.25, 0.3) is 11.6 Å². The summed E-state index contributed by atoms with van der Waals surface area (Å²) in [5.41, 5.74) is 1.53. The van der Waals surface area contributed by atoms with Crippen LogP contribution in [0.3, 0.4) is 0 Å². The van der Waals surface area contributed by atoms with Crippen LogP contribution >= 0.6 is 0 Å². The number of anilines is 1. The summed E-state index contributed by atoms with van der Waals surface area (Å²) < 4.78 is 0. The molecule has 6 heteroatoms. The zero-order valence-electron chi connectivity index (χ0n) is 13.5. The van der Waals surface area contributed by atoms with E-state index in [0.717, 1.165) is 16.2 Å². The molecule has 0 saturated heterocycles. The van der Waals surface area contributed by atoms with E-state index < -0.39 is 4.92 Å². The van der Waals surface area contributed by atoms with Crippen molar-refractivity contribution in [1.29, 1.82) is 0 Å². The van der Waals surface area contributed by atoms with E-state index in [1.165, 1.54) is 24.3 Å². The highest BCUT2D eigenvalue weighted by Gasteiger charge is 2.15. The molecule has 3 aromatic carbocycles. The molecule has 4 aromatic rings. The minimum absolute atomic E-state index is 0.0270. The van der Waals surface area contributed by atoms with Crippen LogP contribution in [0.4, 0.5) is 11.4 Å². The molecule has 26 heavy (non-hydrogen) atoms. The molecule has 1 aromatic heterocycles. The van der Waals surface area contributed by atoms with Crippen LogP contribution in [0.1, 0.15) is 10.4 Å². The normalized spacial score (nSPS) is 10.8. The summed E-state index contributed by atoms with van der Waals surface area (Å²) in [5, 5.41) is 16.4. The molecular formula is C20H13N3O3. The van der Waals surface area contributed by atoms with Gasteiger partial charge < -0.3 is 5.32 Å². The second-order valence-electron chi connectivity index (χ2n) is 5.80. The molecule has 0 aliphatic carbocycles. The first kappa shape index (κ1) is 15.7. The van der Waals surface area contributed by atoms with Gasteiger partial charge in [0.05, 0.1) is 16.0 Å². The number of carbonyl (C=O) groups excluding carboxylic acids is 1. The number of hydrogen-bond acceptors (Lipinski definition) is 4. The minimum Gasteiger partial charge on any atom is -0.322 e. The Hall–Kier alpha value is -3.80. The van der Waals surface area contributed by atoms with Gasteiger partial charge >= 0.3 is 0 Å². The Morgan fingerprint density at radius 3 is 2.46 bits per heavy atom. The Labute approximate surface area is 148 Å². The lowest BCUT2D eigenvalue weighted by Gasteiger charge is -2.10. The van der Waals surface area contributed by atoms with Crippen molar-refractivity contribution < 1.29 is 9.72 Å². The summed E-state index contributed by atoms with van der Waals surface area (Å²) in [6.07, 6.45) is 1.65. The van der Waals surface area contributed by atoms with E-state index in [2.05, 4.69) is 10.3 Å². The average Bonchev–Trinajstić information content (AvgIpc) is 2.67. The van der Waals surface area contributed by atoms with Gasteiger partial charge in [-0.15, -0.1) is 0 Å². The maximum atomic E-state index is 12.8. The maximum absolute atomic E-state index is 12.8. The van der Waals surface area contributed by atoms with Crippen molar-refractivity contribution in [2.24, 2.45) is 0 Å². The molecule has 6 nitrogen and oxygen atoms in total. The third-order valence-corrected chi connectivity index (χ3v) is 4.19. The number of hydrogen-bond donors (Lipinski definition) is 1. The molecule has 0 radical (unpaired) electrons. The van der Waals surface area contributed by atoms with Gasteiger partial charge in [0, 0.05) is 29.4 Å². The van der Waals surface area contributed by atoms with Crippen molar-refractivity contribution >= 4 is 39.0 Å². The zero-order chi connectivity index (χ0) is 18.1. The van der Waals surface area contributed by atoms with E-state index in [-0.39, 0.29) is 11.6 Å². The highest BCUT2D eigenvalue weighted by molar-refractivity contribution is 6.18. The van der Waals surface area contributed by atoms with Crippen molar-refractivity contribution in [2.45, 2.75) is 0 Å². The van der Waals surface area contributed by atoms with E-state index >= 15 is 0 Å². The zero-order valence-corrected chi connectivity index (χ0v) is 13.5. The molecule has 0 unspecified atom stereocenters. The Balaban J connectivity index is 1.77. The van der Waals surface area contributed by atoms with Crippen LogP contribution < -0.4 is 5.32 Å². The SMILES string of the molecule is O=C(Nc1ccc([N+](=O)[O-])cc1)c1cc2ccccc2c2cccnc12. The Morgan fingerprint density at radius 1 is 0.962 bits per heavy atom. The number of benzene rings is 3. The van der Waals surface area contributed by atoms with E-state index in [1.807, 2.05) is 42.5 Å². The topological polar surface area (TPSA) is 85.1 Å². The van der Waals surface area contributed by atoms with Gasteiger partial charge in [-0.1, -0.05) is 30.3 Å². The molecule has 0 aliphatic heterocycles. The summed E-state index contributed by atoms with van der Waals surface area (Å²) in [6.45, 7) is 0. The third-order valence-electron chi connectivity index (χ3n) is 4.19. The van der Waals surface area contributed by atoms with E-state index in [4.69, 9.17) is 0 Å². The summed E-state index contributed by atoms with van der Waals surface area (Å²) in [7, 11) is 0. The van der Waals surface area contributed by atoms with E-state index in [9.17, 15) is 14.9 Å². The van der Waals surface area contributed by atoms with Gasteiger partial charge in [-0.05, 0) is 35.0 Å². The summed E-state index contributed by atoms with van der Waals surface area (Å²) >= 11 is 0. The van der Waals surface area contributed by atoms with Gasteiger partial charge in [-0.3, -0.25) is 19.9 Å². The smallest absolute Gasteiger partial charge is 0.269 e. The molecular weight excluding hydrogens is 330 g/mol. The molecule has 1 N–H and O–H groups in total. The standard InChI is InChI=1S/C20H13N3O3/c24-20(22-14-7-9-15(10-8-14)23(25)26)18-12-13-4-1-2-5-16(13)17-6-3-11-21-19(17)18/h1-12H,(H,22,24). The predicted molar refractivity (Wildman–Crippen MR) is 100 cm³/mol. The van der Waals surface area contributed by atoms with Crippen molar-refractivity contribution in [1.82, 2.24) is 4.98 Å². The number of nitrogens with one attached hydrogen (secondary N) is 1. The Morgan fingerprint density at radius 2 is 1.69 bits per heavy atom. The Bertz CT molecular complexity index is 1150. The maximum Gasteiger partial charge on any atom is 0.269 e. The molecule has 4 rings (SSSR count). The van der Waals surface area contributed by atoms with E-state index in [1.54, 1.807) is 6.20 Å². The van der Waals surface area contributed by atoms with Crippen molar-refractivity contribution in [3.63, 3.8) is 0 Å². The summed E-state index contributed by atoms with van der Waals surface area (Å²) in [5.74, 6) is -0.312. The number of pyridine rings is 1. The highest BCUT2D eigenvalue weighted by atomic mass is 16.6. The number of nitro benzene ring substituents is 1. The Kier molecular flexibility index (Phi) is 3.78. The summed E-state index contributed by atoms with van der Waals surface area (Å²) in [4.78, 5) is 27.4. The van der Waals surface area contributed by atoms with Crippen molar-refractivity contribution in [3.8, 4) is 0 Å². The highest BCUT2D eigenvalue weighted by Crippen LogP contribution is 2.28. The second-order valence-corrected chi connectivity index (χ2v) is 5.80. The molecule has 0 aliphatic rings. The van der Waals surface area contributed by atoms with Gasteiger partial charge in [0.1, 0.15) is 0 Å². The molecule has 0 bridgehead atoms. The first-order valence-corrected chi connectivity index (χ1v) is 7.96. The largest absolute Gasteiger partial charge is 0.322 e. The number of non-ortho nitro benzene ring substituents is 1. The van der Waals surface area contributed by atoms with Crippen LogP contribution in [-0.2, 0) is 0 Å². The predicted octanol–water partition coefficient (Wildman–Crippen LogP) is 4.55. The fourth-order valence-corrected chi connectivity index (χ4v) is 2.97. The lowest BCUT2D eigenvalue weighted by Crippen LogP contribution is -2.13. The fraction of sp³-hybridized carbons (Fsp3) is 0. The summed E-state index contributed by atoms with van der Waals surface area (Å²) in [6, 6.07) is 19.1. The van der Waals surface area contributed by atoms with Gasteiger partial charge in [0.15, 0.2) is 0 Å². The first-order chi connectivity index (χ1) is 12.6. The van der Waals surface area contributed by atoms with Crippen LogP contribution in [-0.4, -0.2) is 15.8 Å². The van der Waals surface area contributed by atoms with Crippen LogP contribution in [0.2, 0.25) is 0 Å². The first-order valence-electron chi connectivity index (χ1n) is 7.96. The monoisotopic (exact) mass is 343 g/mol. The van der Waals surface area contributed by atoms with Gasteiger partial charge in [-0.25, -0.2) is 0 Å². The van der Waals surface area contributed by atoms with Crippen LogP contribution in [0.25, 0.3) is 21.7 Å². The number of fused-ring (bicyclic) bond motifs is 3.